The zero-order valence-electron chi connectivity index (χ0n) is 10.1. The lowest BCUT2D eigenvalue weighted by Crippen LogP contribution is -2.27. The van der Waals surface area contributed by atoms with E-state index in [0.717, 1.165) is 28.6 Å². The molecule has 92 valence electrons. The van der Waals surface area contributed by atoms with E-state index >= 15 is 0 Å². The van der Waals surface area contributed by atoms with Gasteiger partial charge in [0.2, 0.25) is 0 Å². The number of hydrogen-bond acceptors (Lipinski definition) is 3. The first-order valence-corrected chi connectivity index (χ1v) is 6.21. The van der Waals surface area contributed by atoms with E-state index in [0.29, 0.717) is 0 Å². The van der Waals surface area contributed by atoms with E-state index in [1.54, 1.807) is 7.11 Å². The van der Waals surface area contributed by atoms with Crippen LogP contribution >= 0.6 is 15.9 Å². The molecule has 0 fully saturated rings. The summed E-state index contributed by atoms with van der Waals surface area (Å²) in [6.45, 7) is 1.84. The molecule has 1 aromatic carbocycles. The van der Waals surface area contributed by atoms with Crippen LogP contribution in [0.15, 0.2) is 22.7 Å². The predicted octanol–water partition coefficient (Wildman–Crippen LogP) is 2.77. The number of hydrazine groups is 1. The molecule has 1 atom stereocenters. The van der Waals surface area contributed by atoms with E-state index in [1.807, 2.05) is 25.1 Å². The SMILES string of the molecule is CC#CCCC(NN)c1ccc(OC)c(Br)c1. The summed E-state index contributed by atoms with van der Waals surface area (Å²) < 4.78 is 6.12. The average molecular weight is 297 g/mol. The van der Waals surface area contributed by atoms with Crippen LogP contribution in [0, 0.1) is 11.8 Å². The van der Waals surface area contributed by atoms with Crippen LogP contribution in [0.4, 0.5) is 0 Å². The Kier molecular flexibility index (Phi) is 6.06. The topological polar surface area (TPSA) is 47.3 Å². The Morgan fingerprint density at radius 3 is 2.82 bits per heavy atom. The van der Waals surface area contributed by atoms with E-state index in [4.69, 9.17) is 10.6 Å². The second-order valence-electron chi connectivity index (χ2n) is 3.58. The molecule has 0 aliphatic rings. The lowest BCUT2D eigenvalue weighted by Gasteiger charge is -2.16. The van der Waals surface area contributed by atoms with Crippen molar-refractivity contribution < 1.29 is 4.74 Å². The van der Waals surface area contributed by atoms with Crippen molar-refractivity contribution in [3.05, 3.63) is 28.2 Å². The summed E-state index contributed by atoms with van der Waals surface area (Å²) in [5.41, 5.74) is 3.94. The zero-order valence-corrected chi connectivity index (χ0v) is 11.7. The highest BCUT2D eigenvalue weighted by Gasteiger charge is 2.10. The van der Waals surface area contributed by atoms with E-state index < -0.39 is 0 Å². The molecule has 0 bridgehead atoms. The van der Waals surface area contributed by atoms with Crippen molar-refractivity contribution in [1.29, 1.82) is 0 Å². The standard InChI is InChI=1S/C13H17BrN2O/c1-3-4-5-6-12(16-15)10-7-8-13(17-2)11(14)9-10/h7-9,12,16H,5-6,15H2,1-2H3. The van der Waals surface area contributed by atoms with Crippen LogP contribution in [-0.4, -0.2) is 7.11 Å². The first kappa shape index (κ1) is 14.0. The van der Waals surface area contributed by atoms with E-state index in [1.165, 1.54) is 0 Å². The molecule has 1 unspecified atom stereocenters. The number of nitrogens with one attached hydrogen (secondary N) is 1. The quantitative estimate of drug-likeness (QED) is 0.499. The van der Waals surface area contributed by atoms with Crippen molar-refractivity contribution in [3.8, 4) is 17.6 Å². The molecule has 3 nitrogen and oxygen atoms in total. The summed E-state index contributed by atoms with van der Waals surface area (Å²) in [7, 11) is 1.65. The Labute approximate surface area is 111 Å². The molecule has 0 spiro atoms. The van der Waals surface area contributed by atoms with Gasteiger partial charge in [-0.15, -0.1) is 11.8 Å². The molecule has 1 rings (SSSR count). The number of methoxy groups -OCH3 is 1. The Hall–Kier alpha value is -1.02. The predicted molar refractivity (Wildman–Crippen MR) is 73.4 cm³/mol. The maximum Gasteiger partial charge on any atom is 0.133 e. The van der Waals surface area contributed by atoms with Crippen LogP contribution in [-0.2, 0) is 0 Å². The minimum Gasteiger partial charge on any atom is -0.496 e. The summed E-state index contributed by atoms with van der Waals surface area (Å²) >= 11 is 3.47. The fourth-order valence-electron chi connectivity index (χ4n) is 1.59. The molecule has 1 aromatic rings. The maximum absolute atomic E-state index is 5.56. The maximum atomic E-state index is 5.56. The Morgan fingerprint density at radius 2 is 2.29 bits per heavy atom. The van der Waals surface area contributed by atoms with Gasteiger partial charge in [-0.2, -0.15) is 0 Å². The highest BCUT2D eigenvalue weighted by atomic mass is 79.9. The van der Waals surface area contributed by atoms with Gasteiger partial charge in [-0.1, -0.05) is 6.07 Å². The third-order valence-electron chi connectivity index (χ3n) is 2.51. The van der Waals surface area contributed by atoms with Crippen molar-refractivity contribution >= 4 is 15.9 Å². The first-order chi connectivity index (χ1) is 8.22. The number of benzene rings is 1. The van der Waals surface area contributed by atoms with Crippen LogP contribution in [0.3, 0.4) is 0 Å². The van der Waals surface area contributed by atoms with Crippen LogP contribution < -0.4 is 16.0 Å². The second kappa shape index (κ2) is 7.33. The lowest BCUT2D eigenvalue weighted by atomic mass is 10.0. The van der Waals surface area contributed by atoms with Gasteiger partial charge in [0.1, 0.15) is 5.75 Å². The molecule has 3 N–H and O–H groups in total. The molecule has 0 amide bonds. The number of nitrogens with two attached hydrogens (primary N) is 1. The molecule has 0 saturated heterocycles. The third kappa shape index (κ3) is 4.04. The number of hydrogen-bond donors (Lipinski definition) is 2. The highest BCUT2D eigenvalue weighted by Crippen LogP contribution is 2.29. The number of rotatable bonds is 5. The lowest BCUT2D eigenvalue weighted by molar-refractivity contribution is 0.411. The molecule has 0 saturated carbocycles. The summed E-state index contributed by atoms with van der Waals surface area (Å²) in [4.78, 5) is 0. The molecule has 0 aliphatic heterocycles. The fourth-order valence-corrected chi connectivity index (χ4v) is 2.15. The zero-order chi connectivity index (χ0) is 12.7. The first-order valence-electron chi connectivity index (χ1n) is 5.42. The molecular weight excluding hydrogens is 280 g/mol. The number of ether oxygens (including phenoxy) is 1. The minimum atomic E-state index is 0.109. The van der Waals surface area contributed by atoms with Gasteiger partial charge in [0, 0.05) is 12.5 Å². The fraction of sp³-hybridized carbons (Fsp3) is 0.385. The second-order valence-corrected chi connectivity index (χ2v) is 4.43. The van der Waals surface area contributed by atoms with Crippen molar-refractivity contribution in [2.24, 2.45) is 5.84 Å². The smallest absolute Gasteiger partial charge is 0.133 e. The van der Waals surface area contributed by atoms with Gasteiger partial charge >= 0.3 is 0 Å². The molecule has 4 heteroatoms. The molecular formula is C13H17BrN2O. The van der Waals surface area contributed by atoms with Crippen LogP contribution in [0.5, 0.6) is 5.75 Å². The van der Waals surface area contributed by atoms with Gasteiger partial charge in [-0.25, -0.2) is 0 Å². The van der Waals surface area contributed by atoms with Gasteiger partial charge in [-0.05, 0) is 47.0 Å². The summed E-state index contributed by atoms with van der Waals surface area (Å²) in [5.74, 6) is 12.3. The van der Waals surface area contributed by atoms with Crippen molar-refractivity contribution in [1.82, 2.24) is 5.43 Å². The minimum absolute atomic E-state index is 0.109. The van der Waals surface area contributed by atoms with Crippen molar-refractivity contribution in [2.75, 3.05) is 7.11 Å². The van der Waals surface area contributed by atoms with Gasteiger partial charge in [0.25, 0.3) is 0 Å². The molecule has 0 aliphatic carbocycles. The Bertz CT molecular complexity index is 423. The normalized spacial score (nSPS) is 11.5. The Morgan fingerprint density at radius 1 is 1.53 bits per heavy atom. The Balaban J connectivity index is 2.80. The van der Waals surface area contributed by atoms with Crippen LogP contribution in [0.1, 0.15) is 31.4 Å². The highest BCUT2D eigenvalue weighted by molar-refractivity contribution is 9.10. The van der Waals surface area contributed by atoms with Crippen LogP contribution in [0.25, 0.3) is 0 Å². The molecule has 0 heterocycles. The summed E-state index contributed by atoms with van der Waals surface area (Å²) in [5, 5.41) is 0. The molecule has 0 radical (unpaired) electrons. The van der Waals surface area contributed by atoms with Crippen LogP contribution in [0.2, 0.25) is 0 Å². The number of halogens is 1. The van der Waals surface area contributed by atoms with E-state index in [9.17, 15) is 0 Å². The van der Waals surface area contributed by atoms with Gasteiger partial charge < -0.3 is 4.74 Å². The summed E-state index contributed by atoms with van der Waals surface area (Å²) in [6, 6.07) is 6.06. The third-order valence-corrected chi connectivity index (χ3v) is 3.13. The van der Waals surface area contributed by atoms with Gasteiger partial charge in [-0.3, -0.25) is 11.3 Å². The van der Waals surface area contributed by atoms with E-state index in [2.05, 4.69) is 33.2 Å². The summed E-state index contributed by atoms with van der Waals surface area (Å²) in [6.07, 6.45) is 1.71. The average Bonchev–Trinajstić information content (AvgIpc) is 2.35. The largest absolute Gasteiger partial charge is 0.496 e. The van der Waals surface area contributed by atoms with E-state index in [-0.39, 0.29) is 6.04 Å². The molecule has 17 heavy (non-hydrogen) atoms. The van der Waals surface area contributed by atoms with Crippen molar-refractivity contribution in [2.45, 2.75) is 25.8 Å². The van der Waals surface area contributed by atoms with Crippen molar-refractivity contribution in [3.63, 3.8) is 0 Å². The monoisotopic (exact) mass is 296 g/mol. The van der Waals surface area contributed by atoms with Gasteiger partial charge in [0.05, 0.1) is 11.6 Å². The van der Waals surface area contributed by atoms with Gasteiger partial charge in [0.15, 0.2) is 0 Å². The molecule has 0 aromatic heterocycles.